The van der Waals surface area contributed by atoms with Crippen LogP contribution in [-0.2, 0) is 14.8 Å². The number of carbonyl (C=O) groups excluding carboxylic acids is 1. The molecule has 0 heterocycles. The number of halogens is 4. The fraction of sp³-hybridized carbons (Fsp3) is 0.0500. The molecule has 1 N–H and O–H groups in total. The number of nitrogens with one attached hydrogen (secondary N) is 1. The topological polar surface area (TPSA) is 66.5 Å². The maximum Gasteiger partial charge on any atom is 0.264 e. The minimum Gasteiger partial charge on any atom is -0.323 e. The van der Waals surface area contributed by atoms with Crippen molar-refractivity contribution in [2.24, 2.45) is 0 Å². The zero-order valence-electron chi connectivity index (χ0n) is 15.2. The standard InChI is InChI=1S/C20H14Cl4N2O3S/c21-13-6-8-17(23)19(10-13)25-20(27)12-26(14-7-9-16(22)18(24)11-14)30(28,29)15-4-2-1-3-5-15/h1-11H,12H2,(H,25,27). The van der Waals surface area contributed by atoms with Gasteiger partial charge < -0.3 is 5.32 Å². The first-order chi connectivity index (χ1) is 14.2. The number of benzene rings is 3. The lowest BCUT2D eigenvalue weighted by atomic mass is 10.3. The van der Waals surface area contributed by atoms with Gasteiger partial charge >= 0.3 is 0 Å². The van der Waals surface area contributed by atoms with Crippen LogP contribution >= 0.6 is 46.4 Å². The summed E-state index contributed by atoms with van der Waals surface area (Å²) in [6, 6.07) is 16.6. The molecule has 0 aromatic heterocycles. The molecule has 30 heavy (non-hydrogen) atoms. The Labute approximate surface area is 194 Å². The third kappa shape index (κ3) is 5.20. The van der Waals surface area contributed by atoms with Crippen molar-refractivity contribution in [3.05, 3.63) is 86.8 Å². The van der Waals surface area contributed by atoms with Crippen molar-refractivity contribution in [1.29, 1.82) is 0 Å². The summed E-state index contributed by atoms with van der Waals surface area (Å²) >= 11 is 24.1. The zero-order chi connectivity index (χ0) is 21.9. The van der Waals surface area contributed by atoms with Gasteiger partial charge in [0.05, 0.1) is 31.3 Å². The fourth-order valence-corrected chi connectivity index (χ4v) is 4.65. The Hall–Kier alpha value is -1.96. The molecule has 3 aromatic rings. The molecular formula is C20H14Cl4N2O3S. The Balaban J connectivity index is 1.98. The third-order valence-corrected chi connectivity index (χ3v) is 7.10. The Morgan fingerprint density at radius 2 is 1.50 bits per heavy atom. The summed E-state index contributed by atoms with van der Waals surface area (Å²) in [5.41, 5.74) is 0.445. The van der Waals surface area contributed by atoms with Gasteiger partial charge in [0.25, 0.3) is 10.0 Å². The van der Waals surface area contributed by atoms with Crippen LogP contribution in [0.4, 0.5) is 11.4 Å². The van der Waals surface area contributed by atoms with Crippen LogP contribution < -0.4 is 9.62 Å². The lowest BCUT2D eigenvalue weighted by Gasteiger charge is -2.24. The van der Waals surface area contributed by atoms with Crippen molar-refractivity contribution in [3.8, 4) is 0 Å². The molecule has 3 rings (SSSR count). The van der Waals surface area contributed by atoms with Gasteiger partial charge in [0, 0.05) is 5.02 Å². The Morgan fingerprint density at radius 1 is 0.833 bits per heavy atom. The molecule has 5 nitrogen and oxygen atoms in total. The number of hydrogen-bond donors (Lipinski definition) is 1. The van der Waals surface area contributed by atoms with Gasteiger partial charge in [0.15, 0.2) is 0 Å². The van der Waals surface area contributed by atoms with Gasteiger partial charge in [0.2, 0.25) is 5.91 Å². The van der Waals surface area contributed by atoms with E-state index in [2.05, 4.69) is 5.32 Å². The second-order valence-electron chi connectivity index (χ2n) is 6.10. The molecule has 156 valence electrons. The van der Waals surface area contributed by atoms with E-state index in [1.165, 1.54) is 42.5 Å². The van der Waals surface area contributed by atoms with Crippen LogP contribution in [0.2, 0.25) is 20.1 Å². The van der Waals surface area contributed by atoms with E-state index in [1.54, 1.807) is 24.3 Å². The SMILES string of the molecule is O=C(CN(c1ccc(Cl)c(Cl)c1)S(=O)(=O)c1ccccc1)Nc1cc(Cl)ccc1Cl. The van der Waals surface area contributed by atoms with Crippen LogP contribution in [0.25, 0.3) is 0 Å². The molecule has 0 aliphatic carbocycles. The predicted octanol–water partition coefficient (Wildman–Crippen LogP) is 6.13. The molecule has 0 atom stereocenters. The number of carbonyl (C=O) groups is 1. The summed E-state index contributed by atoms with van der Waals surface area (Å²) in [6.07, 6.45) is 0. The Bertz CT molecular complexity index is 1190. The molecule has 0 saturated heterocycles. The highest BCUT2D eigenvalue weighted by Gasteiger charge is 2.27. The molecular weight excluding hydrogens is 490 g/mol. The van der Waals surface area contributed by atoms with Crippen molar-refractivity contribution in [2.45, 2.75) is 4.90 Å². The third-order valence-electron chi connectivity index (χ3n) is 4.01. The predicted molar refractivity (Wildman–Crippen MR) is 123 cm³/mol. The van der Waals surface area contributed by atoms with E-state index < -0.39 is 22.5 Å². The van der Waals surface area contributed by atoms with Gasteiger partial charge in [0.1, 0.15) is 6.54 Å². The first-order valence-electron chi connectivity index (χ1n) is 8.46. The van der Waals surface area contributed by atoms with Crippen molar-refractivity contribution in [3.63, 3.8) is 0 Å². The first-order valence-corrected chi connectivity index (χ1v) is 11.4. The summed E-state index contributed by atoms with van der Waals surface area (Å²) in [5, 5.41) is 3.62. The number of nitrogens with zero attached hydrogens (tertiary/aromatic N) is 1. The van der Waals surface area contributed by atoms with E-state index in [-0.39, 0.29) is 31.3 Å². The summed E-state index contributed by atoms with van der Waals surface area (Å²) in [5.74, 6) is -0.621. The van der Waals surface area contributed by atoms with Gasteiger partial charge in [-0.3, -0.25) is 9.10 Å². The van der Waals surface area contributed by atoms with Gasteiger partial charge in [-0.25, -0.2) is 8.42 Å². The average molecular weight is 504 g/mol. The van der Waals surface area contributed by atoms with Crippen LogP contribution in [0, 0.1) is 0 Å². The molecule has 0 aliphatic rings. The van der Waals surface area contributed by atoms with Gasteiger partial charge in [-0.1, -0.05) is 64.6 Å². The monoisotopic (exact) mass is 502 g/mol. The number of sulfonamides is 1. The van der Waals surface area contributed by atoms with E-state index >= 15 is 0 Å². The summed E-state index contributed by atoms with van der Waals surface area (Å²) in [7, 11) is -4.08. The first kappa shape index (κ1) is 22.7. The van der Waals surface area contributed by atoms with Crippen LogP contribution in [0.15, 0.2) is 71.6 Å². The van der Waals surface area contributed by atoms with E-state index in [9.17, 15) is 13.2 Å². The smallest absolute Gasteiger partial charge is 0.264 e. The molecule has 3 aromatic carbocycles. The molecule has 0 fully saturated rings. The average Bonchev–Trinajstić information content (AvgIpc) is 2.71. The number of amides is 1. The molecule has 1 amide bonds. The Kier molecular flexibility index (Phi) is 7.16. The number of hydrogen-bond acceptors (Lipinski definition) is 3. The minimum atomic E-state index is -4.08. The largest absolute Gasteiger partial charge is 0.323 e. The van der Waals surface area contributed by atoms with E-state index in [0.717, 1.165) is 4.31 Å². The van der Waals surface area contributed by atoms with Gasteiger partial charge in [-0.2, -0.15) is 0 Å². The lowest BCUT2D eigenvalue weighted by molar-refractivity contribution is -0.114. The molecule has 0 saturated carbocycles. The maximum absolute atomic E-state index is 13.3. The van der Waals surface area contributed by atoms with Crippen LogP contribution in [-0.4, -0.2) is 20.9 Å². The minimum absolute atomic E-state index is 0.0182. The second-order valence-corrected chi connectivity index (χ2v) is 9.62. The number of rotatable bonds is 6. The lowest BCUT2D eigenvalue weighted by Crippen LogP contribution is -2.38. The zero-order valence-corrected chi connectivity index (χ0v) is 19.0. The van der Waals surface area contributed by atoms with E-state index in [4.69, 9.17) is 46.4 Å². The summed E-state index contributed by atoms with van der Waals surface area (Å²) < 4.78 is 27.5. The van der Waals surface area contributed by atoms with Gasteiger partial charge in [-0.05, 0) is 48.5 Å². The molecule has 10 heteroatoms. The van der Waals surface area contributed by atoms with Crippen molar-refractivity contribution in [1.82, 2.24) is 0 Å². The van der Waals surface area contributed by atoms with Crippen LogP contribution in [0.1, 0.15) is 0 Å². The highest BCUT2D eigenvalue weighted by Crippen LogP contribution is 2.31. The molecule has 0 bridgehead atoms. The normalized spacial score (nSPS) is 11.2. The van der Waals surface area contributed by atoms with Crippen molar-refractivity contribution >= 4 is 73.7 Å². The van der Waals surface area contributed by atoms with E-state index in [1.807, 2.05) is 0 Å². The molecule has 0 radical (unpaired) electrons. The number of anilines is 2. The second kappa shape index (κ2) is 9.45. The van der Waals surface area contributed by atoms with E-state index in [0.29, 0.717) is 5.02 Å². The quantitative estimate of drug-likeness (QED) is 0.439. The summed E-state index contributed by atoms with van der Waals surface area (Å²) in [4.78, 5) is 12.7. The van der Waals surface area contributed by atoms with Crippen LogP contribution in [0.3, 0.4) is 0 Å². The highest BCUT2D eigenvalue weighted by molar-refractivity contribution is 7.92. The molecule has 0 aliphatic heterocycles. The molecule has 0 unspecified atom stereocenters. The molecule has 0 spiro atoms. The maximum atomic E-state index is 13.3. The highest BCUT2D eigenvalue weighted by atomic mass is 35.5. The summed E-state index contributed by atoms with van der Waals surface area (Å²) in [6.45, 7) is -0.530. The van der Waals surface area contributed by atoms with Crippen molar-refractivity contribution < 1.29 is 13.2 Å². The van der Waals surface area contributed by atoms with Crippen molar-refractivity contribution in [2.75, 3.05) is 16.2 Å². The van der Waals surface area contributed by atoms with Gasteiger partial charge in [-0.15, -0.1) is 0 Å². The Morgan fingerprint density at radius 3 is 2.17 bits per heavy atom. The van der Waals surface area contributed by atoms with Crippen LogP contribution in [0.5, 0.6) is 0 Å². The fourth-order valence-electron chi connectivity index (χ4n) is 2.59.